The first-order valence-corrected chi connectivity index (χ1v) is 7.00. The monoisotopic (exact) mass is 288 g/mol. The van der Waals surface area contributed by atoms with Crippen LogP contribution in [-0.4, -0.2) is 5.84 Å². The number of nitrogens with one attached hydrogen (secondary N) is 1. The molecule has 108 valence electrons. The lowest BCUT2D eigenvalue weighted by atomic mass is 10.1. The molecule has 0 radical (unpaired) electrons. The molecule has 3 heteroatoms. The normalized spacial score (nSPS) is 11.6. The number of para-hydroxylation sites is 1. The molecule has 0 fully saturated rings. The summed E-state index contributed by atoms with van der Waals surface area (Å²) in [6.07, 6.45) is 7.82. The second-order valence-electron chi connectivity index (χ2n) is 4.94. The minimum absolute atomic E-state index is 0.0836. The van der Waals surface area contributed by atoms with Crippen LogP contribution in [0.5, 0.6) is 0 Å². The van der Waals surface area contributed by atoms with E-state index in [0.717, 1.165) is 27.9 Å². The molecule has 0 spiro atoms. The lowest BCUT2D eigenvalue weighted by molar-refractivity contribution is 0.604. The second-order valence-corrected chi connectivity index (χ2v) is 4.94. The van der Waals surface area contributed by atoms with Gasteiger partial charge in [-0.2, -0.15) is 0 Å². The molecule has 3 aromatic rings. The first-order valence-electron chi connectivity index (χ1n) is 7.00. The molecule has 0 aliphatic carbocycles. The van der Waals surface area contributed by atoms with Gasteiger partial charge in [-0.25, -0.2) is 0 Å². The molecule has 0 aliphatic rings. The van der Waals surface area contributed by atoms with Crippen LogP contribution in [0.4, 0.5) is 0 Å². The van der Waals surface area contributed by atoms with E-state index in [1.54, 1.807) is 0 Å². The zero-order valence-electron chi connectivity index (χ0n) is 12.0. The Bertz CT molecular complexity index is 822. The molecule has 0 saturated heterocycles. The van der Waals surface area contributed by atoms with Crippen LogP contribution in [0.1, 0.15) is 16.9 Å². The van der Waals surface area contributed by atoms with Gasteiger partial charge in [0, 0.05) is 10.9 Å². The number of allylic oxidation sites excluding steroid dienone is 2. The standard InChI is InChI=1S/C19H16N2O/c20-19(21)15-11-9-14(10-12-15)5-1-3-7-17-13-16-6-2-4-8-18(16)22-17/h1-13H,(H3,20,21)/b5-1+,7-3+. The van der Waals surface area contributed by atoms with Crippen molar-refractivity contribution in [1.29, 1.82) is 5.41 Å². The van der Waals surface area contributed by atoms with Gasteiger partial charge in [0.15, 0.2) is 0 Å². The largest absolute Gasteiger partial charge is 0.457 e. The molecule has 2 aromatic carbocycles. The van der Waals surface area contributed by atoms with Gasteiger partial charge >= 0.3 is 0 Å². The van der Waals surface area contributed by atoms with Gasteiger partial charge in [0.2, 0.25) is 0 Å². The van der Waals surface area contributed by atoms with E-state index in [0.29, 0.717) is 0 Å². The Kier molecular flexibility index (Phi) is 3.88. The molecule has 0 aliphatic heterocycles. The highest BCUT2D eigenvalue weighted by Gasteiger charge is 1.98. The van der Waals surface area contributed by atoms with E-state index in [-0.39, 0.29) is 5.84 Å². The minimum Gasteiger partial charge on any atom is -0.457 e. The van der Waals surface area contributed by atoms with Gasteiger partial charge in [-0.1, -0.05) is 60.7 Å². The summed E-state index contributed by atoms with van der Waals surface area (Å²) in [5, 5.41) is 8.46. The first kappa shape index (κ1) is 13.9. The van der Waals surface area contributed by atoms with Crippen LogP contribution in [0.15, 0.2) is 71.2 Å². The van der Waals surface area contributed by atoms with E-state index < -0.39 is 0 Å². The summed E-state index contributed by atoms with van der Waals surface area (Å²) in [7, 11) is 0. The maximum atomic E-state index is 7.35. The summed E-state index contributed by atoms with van der Waals surface area (Å²) in [4.78, 5) is 0. The summed E-state index contributed by atoms with van der Waals surface area (Å²) >= 11 is 0. The summed E-state index contributed by atoms with van der Waals surface area (Å²) in [6, 6.07) is 17.5. The Morgan fingerprint density at radius 1 is 0.955 bits per heavy atom. The van der Waals surface area contributed by atoms with Crippen molar-refractivity contribution < 1.29 is 4.42 Å². The van der Waals surface area contributed by atoms with Crippen molar-refractivity contribution in [3.63, 3.8) is 0 Å². The Hall–Kier alpha value is -3.07. The number of hydrogen-bond donors (Lipinski definition) is 2. The van der Waals surface area contributed by atoms with Gasteiger partial charge in [0.1, 0.15) is 17.2 Å². The quantitative estimate of drug-likeness (QED) is 0.423. The number of rotatable bonds is 4. The predicted molar refractivity (Wildman–Crippen MR) is 91.7 cm³/mol. The van der Waals surface area contributed by atoms with Crippen LogP contribution in [0.25, 0.3) is 23.1 Å². The van der Waals surface area contributed by atoms with Crippen LogP contribution in [-0.2, 0) is 0 Å². The highest BCUT2D eigenvalue weighted by molar-refractivity contribution is 5.95. The topological polar surface area (TPSA) is 63.0 Å². The number of amidine groups is 1. The number of nitrogen functional groups attached to an aromatic ring is 1. The van der Waals surface area contributed by atoms with Crippen molar-refractivity contribution in [2.24, 2.45) is 5.73 Å². The molecule has 0 amide bonds. The maximum Gasteiger partial charge on any atom is 0.134 e. The lowest BCUT2D eigenvalue weighted by Gasteiger charge is -1.97. The van der Waals surface area contributed by atoms with Crippen molar-refractivity contribution in [2.75, 3.05) is 0 Å². The van der Waals surface area contributed by atoms with E-state index in [2.05, 4.69) is 0 Å². The van der Waals surface area contributed by atoms with Crippen LogP contribution in [0.3, 0.4) is 0 Å². The van der Waals surface area contributed by atoms with E-state index >= 15 is 0 Å². The molecule has 0 bridgehead atoms. The van der Waals surface area contributed by atoms with Gasteiger partial charge in [0.25, 0.3) is 0 Å². The van der Waals surface area contributed by atoms with Gasteiger partial charge in [0.05, 0.1) is 0 Å². The number of furan rings is 1. The zero-order chi connectivity index (χ0) is 15.4. The summed E-state index contributed by atoms with van der Waals surface area (Å²) in [6.45, 7) is 0. The van der Waals surface area contributed by atoms with Crippen molar-refractivity contribution >= 4 is 29.0 Å². The number of nitrogens with two attached hydrogens (primary N) is 1. The molecular formula is C19H16N2O. The Balaban J connectivity index is 1.69. The predicted octanol–water partition coefficient (Wildman–Crippen LogP) is 4.44. The van der Waals surface area contributed by atoms with Gasteiger partial charge < -0.3 is 10.2 Å². The number of hydrogen-bond acceptors (Lipinski definition) is 2. The molecule has 3 nitrogen and oxygen atoms in total. The maximum absolute atomic E-state index is 7.35. The first-order chi connectivity index (χ1) is 10.7. The zero-order valence-corrected chi connectivity index (χ0v) is 12.0. The fraction of sp³-hybridized carbons (Fsp3) is 0. The van der Waals surface area contributed by atoms with Crippen molar-refractivity contribution in [3.8, 4) is 0 Å². The smallest absolute Gasteiger partial charge is 0.134 e. The average Bonchev–Trinajstić information content (AvgIpc) is 2.95. The van der Waals surface area contributed by atoms with Crippen molar-refractivity contribution in [2.45, 2.75) is 0 Å². The van der Waals surface area contributed by atoms with Gasteiger partial charge in [-0.15, -0.1) is 0 Å². The highest BCUT2D eigenvalue weighted by atomic mass is 16.3. The van der Waals surface area contributed by atoms with E-state index in [4.69, 9.17) is 15.6 Å². The molecule has 3 N–H and O–H groups in total. The van der Waals surface area contributed by atoms with Crippen LogP contribution >= 0.6 is 0 Å². The van der Waals surface area contributed by atoms with Crippen molar-refractivity contribution in [1.82, 2.24) is 0 Å². The molecule has 22 heavy (non-hydrogen) atoms. The fourth-order valence-electron chi connectivity index (χ4n) is 2.18. The molecule has 0 atom stereocenters. The Labute approximate surface area is 128 Å². The van der Waals surface area contributed by atoms with Crippen LogP contribution < -0.4 is 5.73 Å². The summed E-state index contributed by atoms with van der Waals surface area (Å²) in [5.74, 6) is 0.915. The third kappa shape index (κ3) is 3.15. The third-order valence-corrected chi connectivity index (χ3v) is 3.33. The van der Waals surface area contributed by atoms with E-state index in [1.807, 2.05) is 78.9 Å². The highest BCUT2D eigenvalue weighted by Crippen LogP contribution is 2.19. The number of benzene rings is 2. The SMILES string of the molecule is N=C(N)c1ccc(/C=C/C=C/c2cc3ccccc3o2)cc1. The van der Waals surface area contributed by atoms with Gasteiger partial charge in [-0.3, -0.25) is 5.41 Å². The molecule has 0 unspecified atom stereocenters. The third-order valence-electron chi connectivity index (χ3n) is 3.33. The summed E-state index contributed by atoms with van der Waals surface area (Å²) in [5.41, 5.74) is 8.11. The van der Waals surface area contributed by atoms with E-state index in [9.17, 15) is 0 Å². The molecule has 3 rings (SSSR count). The Morgan fingerprint density at radius 3 is 2.41 bits per heavy atom. The summed E-state index contributed by atoms with van der Waals surface area (Å²) < 4.78 is 5.70. The molecule has 1 aromatic heterocycles. The van der Waals surface area contributed by atoms with Crippen molar-refractivity contribution in [3.05, 3.63) is 83.6 Å². The second kappa shape index (κ2) is 6.14. The average molecular weight is 288 g/mol. The minimum atomic E-state index is 0.0836. The number of fused-ring (bicyclic) bond motifs is 1. The van der Waals surface area contributed by atoms with Crippen LogP contribution in [0.2, 0.25) is 0 Å². The molecule has 1 heterocycles. The lowest BCUT2D eigenvalue weighted by Crippen LogP contribution is -2.10. The van der Waals surface area contributed by atoms with Gasteiger partial charge in [-0.05, 0) is 23.8 Å². The van der Waals surface area contributed by atoms with Crippen LogP contribution in [0, 0.1) is 5.41 Å². The van der Waals surface area contributed by atoms with E-state index in [1.165, 1.54) is 0 Å². The molecule has 0 saturated carbocycles. The molecular weight excluding hydrogens is 272 g/mol. The Morgan fingerprint density at radius 2 is 1.68 bits per heavy atom. The fourth-order valence-corrected chi connectivity index (χ4v) is 2.18.